The van der Waals surface area contributed by atoms with Gasteiger partial charge in [-0.3, -0.25) is 0 Å². The molecule has 0 radical (unpaired) electrons. The van der Waals surface area contributed by atoms with Crippen molar-refractivity contribution in [3.05, 3.63) is 51.1 Å². The minimum absolute atomic E-state index is 0.0114. The van der Waals surface area contributed by atoms with E-state index in [9.17, 15) is 8.42 Å². The van der Waals surface area contributed by atoms with Crippen molar-refractivity contribution < 1.29 is 8.42 Å². The molecule has 2 aromatic heterocycles. The van der Waals surface area contributed by atoms with Gasteiger partial charge in [-0.1, -0.05) is 17.7 Å². The van der Waals surface area contributed by atoms with Crippen LogP contribution in [0.1, 0.15) is 5.56 Å². The summed E-state index contributed by atoms with van der Waals surface area (Å²) in [5.41, 5.74) is 1.27. The van der Waals surface area contributed by atoms with Crippen LogP contribution in [0.15, 0.2) is 41.6 Å². The number of hydrogen-bond acceptors (Lipinski definition) is 4. The second-order valence-electron chi connectivity index (χ2n) is 4.47. The Hall–Kier alpha value is -1.19. The van der Waals surface area contributed by atoms with Crippen molar-refractivity contribution in [2.24, 2.45) is 0 Å². The highest BCUT2D eigenvalue weighted by atomic mass is 127. The van der Waals surface area contributed by atoms with Gasteiger partial charge in [-0.05, 0) is 53.2 Å². The number of hydrogen-bond donors (Lipinski definition) is 0. The van der Waals surface area contributed by atoms with Gasteiger partial charge in [-0.2, -0.15) is 4.98 Å². The Bertz CT molecular complexity index is 936. The zero-order chi connectivity index (χ0) is 15.2. The molecule has 21 heavy (non-hydrogen) atoms. The smallest absolute Gasteiger partial charge is 0.226 e. The zero-order valence-corrected chi connectivity index (χ0v) is 14.5. The number of fused-ring (bicyclic) bond motifs is 1. The van der Waals surface area contributed by atoms with Gasteiger partial charge in [-0.15, -0.1) is 0 Å². The number of rotatable bonds is 2. The standard InChI is InChI=1S/C13H9ClIN3O2S/c1-8-2-4-9(5-3-8)21(19,20)18-7-11(15)10-6-16-13(14)17-12(10)18/h2-7H,1H3. The summed E-state index contributed by atoms with van der Waals surface area (Å²) in [6.07, 6.45) is 3.04. The van der Waals surface area contributed by atoms with Crippen LogP contribution < -0.4 is 0 Å². The van der Waals surface area contributed by atoms with Gasteiger partial charge in [0, 0.05) is 16.0 Å². The molecule has 2 heterocycles. The highest BCUT2D eigenvalue weighted by molar-refractivity contribution is 14.1. The SMILES string of the molecule is Cc1ccc(S(=O)(=O)n2cc(I)c3cnc(Cl)nc32)cc1. The molecule has 0 spiro atoms. The average molecular weight is 434 g/mol. The third-order valence-corrected chi connectivity index (χ3v) is 5.72. The molecule has 108 valence electrons. The lowest BCUT2D eigenvalue weighted by atomic mass is 10.2. The molecule has 0 unspecified atom stereocenters. The van der Waals surface area contributed by atoms with E-state index in [1.54, 1.807) is 24.3 Å². The molecule has 1 aromatic carbocycles. The molecule has 0 amide bonds. The van der Waals surface area contributed by atoms with Gasteiger partial charge in [0.1, 0.15) is 0 Å². The Balaban J connectivity index is 2.28. The zero-order valence-electron chi connectivity index (χ0n) is 10.8. The van der Waals surface area contributed by atoms with Crippen LogP contribution >= 0.6 is 34.2 Å². The Labute approximate surface area is 140 Å². The average Bonchev–Trinajstić information content (AvgIpc) is 2.76. The molecule has 3 rings (SSSR count). The molecule has 0 N–H and O–H groups in total. The summed E-state index contributed by atoms with van der Waals surface area (Å²) >= 11 is 7.83. The summed E-state index contributed by atoms with van der Waals surface area (Å²) in [6.45, 7) is 1.90. The van der Waals surface area contributed by atoms with Gasteiger partial charge in [0.15, 0.2) is 5.65 Å². The second kappa shape index (κ2) is 5.22. The molecule has 0 fully saturated rings. The van der Waals surface area contributed by atoms with E-state index in [2.05, 4.69) is 9.97 Å². The van der Waals surface area contributed by atoms with E-state index in [4.69, 9.17) is 11.6 Å². The van der Waals surface area contributed by atoms with E-state index >= 15 is 0 Å². The van der Waals surface area contributed by atoms with E-state index in [0.29, 0.717) is 5.39 Å². The van der Waals surface area contributed by atoms with Crippen LogP contribution in [-0.2, 0) is 10.0 Å². The van der Waals surface area contributed by atoms with Crippen molar-refractivity contribution in [3.63, 3.8) is 0 Å². The number of nitrogens with zero attached hydrogens (tertiary/aromatic N) is 3. The summed E-state index contributed by atoms with van der Waals surface area (Å²) in [5, 5.41) is 0.660. The van der Waals surface area contributed by atoms with Crippen LogP contribution in [0, 0.1) is 10.5 Å². The molecule has 0 saturated carbocycles. The first-order valence-corrected chi connectivity index (χ1v) is 8.80. The van der Waals surface area contributed by atoms with E-state index in [1.807, 2.05) is 29.5 Å². The summed E-state index contributed by atoms with van der Waals surface area (Å²) in [5.74, 6) is 0. The van der Waals surface area contributed by atoms with Crippen LogP contribution in [-0.4, -0.2) is 22.4 Å². The number of aromatic nitrogens is 3. The number of benzene rings is 1. The fraction of sp³-hybridized carbons (Fsp3) is 0.0769. The Morgan fingerprint density at radius 3 is 2.57 bits per heavy atom. The molecule has 0 aliphatic heterocycles. The Morgan fingerprint density at radius 1 is 1.24 bits per heavy atom. The van der Waals surface area contributed by atoms with Gasteiger partial charge in [0.05, 0.1) is 10.3 Å². The Kier molecular flexibility index (Phi) is 3.66. The number of aryl methyl sites for hydroxylation is 1. The lowest BCUT2D eigenvalue weighted by molar-refractivity contribution is 0.588. The van der Waals surface area contributed by atoms with E-state index < -0.39 is 10.0 Å². The number of halogens is 2. The second-order valence-corrected chi connectivity index (χ2v) is 7.78. The quantitative estimate of drug-likeness (QED) is 0.460. The van der Waals surface area contributed by atoms with Crippen LogP contribution in [0.3, 0.4) is 0 Å². The van der Waals surface area contributed by atoms with Gasteiger partial charge in [0.2, 0.25) is 5.28 Å². The third kappa shape index (κ3) is 2.53. The van der Waals surface area contributed by atoms with E-state index in [1.165, 1.54) is 12.4 Å². The summed E-state index contributed by atoms with van der Waals surface area (Å²) in [4.78, 5) is 8.13. The lowest BCUT2D eigenvalue weighted by Crippen LogP contribution is -2.12. The third-order valence-electron chi connectivity index (χ3n) is 3.01. The molecular weight excluding hydrogens is 425 g/mol. The fourth-order valence-electron chi connectivity index (χ4n) is 1.93. The summed E-state index contributed by atoms with van der Waals surface area (Å²) in [7, 11) is -3.72. The van der Waals surface area contributed by atoms with Gasteiger partial charge in [0.25, 0.3) is 10.0 Å². The maximum absolute atomic E-state index is 12.7. The van der Waals surface area contributed by atoms with Crippen molar-refractivity contribution in [1.29, 1.82) is 0 Å². The largest absolute Gasteiger partial charge is 0.269 e. The highest BCUT2D eigenvalue weighted by Crippen LogP contribution is 2.26. The predicted octanol–water partition coefficient (Wildman–Crippen LogP) is 3.23. The first-order valence-electron chi connectivity index (χ1n) is 5.91. The molecule has 0 atom stereocenters. The van der Waals surface area contributed by atoms with Gasteiger partial charge < -0.3 is 0 Å². The van der Waals surface area contributed by atoms with E-state index in [0.717, 1.165) is 13.1 Å². The van der Waals surface area contributed by atoms with Crippen molar-refractivity contribution in [2.75, 3.05) is 0 Å². The van der Waals surface area contributed by atoms with Gasteiger partial charge >= 0.3 is 0 Å². The minimum Gasteiger partial charge on any atom is -0.226 e. The van der Waals surface area contributed by atoms with Crippen LogP contribution in [0.2, 0.25) is 5.28 Å². The maximum atomic E-state index is 12.7. The van der Waals surface area contributed by atoms with Crippen molar-refractivity contribution >= 4 is 55.2 Å². The summed E-state index contributed by atoms with van der Waals surface area (Å²) < 4.78 is 27.4. The molecule has 0 aliphatic rings. The molecule has 3 aromatic rings. The van der Waals surface area contributed by atoms with Gasteiger partial charge in [-0.25, -0.2) is 17.4 Å². The van der Waals surface area contributed by atoms with Crippen LogP contribution in [0.4, 0.5) is 0 Å². The van der Waals surface area contributed by atoms with Crippen molar-refractivity contribution in [2.45, 2.75) is 11.8 Å². The molecule has 5 nitrogen and oxygen atoms in total. The summed E-state index contributed by atoms with van der Waals surface area (Å²) in [6, 6.07) is 6.66. The normalized spacial score (nSPS) is 12.0. The van der Waals surface area contributed by atoms with Crippen molar-refractivity contribution in [3.8, 4) is 0 Å². The van der Waals surface area contributed by atoms with Crippen LogP contribution in [0.5, 0.6) is 0 Å². The fourth-order valence-corrected chi connectivity index (χ4v) is 4.22. The highest BCUT2D eigenvalue weighted by Gasteiger charge is 2.22. The van der Waals surface area contributed by atoms with Crippen molar-refractivity contribution in [1.82, 2.24) is 13.9 Å². The monoisotopic (exact) mass is 433 g/mol. The topological polar surface area (TPSA) is 64.8 Å². The predicted molar refractivity (Wildman–Crippen MR) is 89.0 cm³/mol. The molecule has 0 saturated heterocycles. The molecule has 0 bridgehead atoms. The molecule has 8 heteroatoms. The first-order chi connectivity index (χ1) is 9.89. The first kappa shape index (κ1) is 14.7. The lowest BCUT2D eigenvalue weighted by Gasteiger charge is -2.07. The molecular formula is C13H9ClIN3O2S. The Morgan fingerprint density at radius 2 is 1.90 bits per heavy atom. The molecule has 0 aliphatic carbocycles. The maximum Gasteiger partial charge on any atom is 0.269 e. The van der Waals surface area contributed by atoms with Crippen LogP contribution in [0.25, 0.3) is 11.0 Å². The minimum atomic E-state index is -3.72. The van der Waals surface area contributed by atoms with E-state index in [-0.39, 0.29) is 15.8 Å².